The number of pyridine rings is 1. The Labute approximate surface area is 158 Å². The van der Waals surface area contributed by atoms with Crippen molar-refractivity contribution in [3.05, 3.63) is 71.4 Å². The lowest BCUT2D eigenvalue weighted by atomic mass is 9.86. The molecule has 3 rings (SSSR count). The van der Waals surface area contributed by atoms with Gasteiger partial charge in [-0.3, -0.25) is 0 Å². The van der Waals surface area contributed by atoms with E-state index in [0.717, 1.165) is 16.6 Å². The highest BCUT2D eigenvalue weighted by Gasteiger charge is 2.15. The summed E-state index contributed by atoms with van der Waals surface area (Å²) in [5, 5.41) is 2.33. The molecule has 0 aliphatic carbocycles. The average Bonchev–Trinajstić information content (AvgIpc) is 2.59. The van der Waals surface area contributed by atoms with Crippen molar-refractivity contribution < 1.29 is 4.43 Å². The molecule has 1 heterocycles. The van der Waals surface area contributed by atoms with Gasteiger partial charge in [-0.15, -0.1) is 0 Å². The molecule has 0 N–H and O–H groups in total. The minimum atomic E-state index is -0.855. The zero-order valence-electron chi connectivity index (χ0n) is 16.2. The first-order valence-corrected chi connectivity index (χ1v) is 11.4. The third kappa shape index (κ3) is 4.41. The summed E-state index contributed by atoms with van der Waals surface area (Å²) in [7, 11) is -0.855. The van der Waals surface area contributed by atoms with E-state index in [1.165, 1.54) is 10.9 Å². The SMILES string of the molecule is C[Si](C)Oc1cc2ccc(C(C)(C)C)cc2c(/C=C/c2ccccc2)n1. The number of benzene rings is 2. The summed E-state index contributed by atoms with van der Waals surface area (Å²) in [4.78, 5) is 4.80. The van der Waals surface area contributed by atoms with Crippen molar-refractivity contribution in [3.63, 3.8) is 0 Å². The highest BCUT2D eigenvalue weighted by molar-refractivity contribution is 6.49. The summed E-state index contributed by atoms with van der Waals surface area (Å²) in [6.45, 7) is 11.0. The molecule has 0 spiro atoms. The van der Waals surface area contributed by atoms with E-state index in [9.17, 15) is 0 Å². The highest BCUT2D eigenvalue weighted by Crippen LogP contribution is 2.30. The Hall–Kier alpha value is -2.39. The summed E-state index contributed by atoms with van der Waals surface area (Å²) >= 11 is 0. The second-order valence-corrected chi connectivity index (χ2v) is 9.81. The molecule has 0 fully saturated rings. The molecule has 0 atom stereocenters. The molecule has 2 nitrogen and oxygen atoms in total. The number of rotatable bonds is 4. The van der Waals surface area contributed by atoms with Gasteiger partial charge in [-0.1, -0.05) is 69.3 Å². The predicted octanol–water partition coefficient (Wildman–Crippen LogP) is 6.33. The van der Waals surface area contributed by atoms with Gasteiger partial charge in [0.15, 0.2) is 0 Å². The van der Waals surface area contributed by atoms with Gasteiger partial charge in [-0.25, -0.2) is 4.98 Å². The molecule has 0 amide bonds. The van der Waals surface area contributed by atoms with Gasteiger partial charge in [0.25, 0.3) is 9.04 Å². The summed E-state index contributed by atoms with van der Waals surface area (Å²) in [5.41, 5.74) is 3.53. The Balaban J connectivity index is 2.13. The van der Waals surface area contributed by atoms with E-state index in [-0.39, 0.29) is 5.41 Å². The molecule has 133 valence electrons. The second kappa shape index (κ2) is 7.46. The lowest BCUT2D eigenvalue weighted by Crippen LogP contribution is -2.13. The topological polar surface area (TPSA) is 22.1 Å². The van der Waals surface area contributed by atoms with Gasteiger partial charge >= 0.3 is 0 Å². The molecular formula is C23H26NOSi. The van der Waals surface area contributed by atoms with Crippen LogP contribution in [-0.4, -0.2) is 14.0 Å². The van der Waals surface area contributed by atoms with Crippen molar-refractivity contribution in [1.29, 1.82) is 0 Å². The maximum absolute atomic E-state index is 5.97. The van der Waals surface area contributed by atoms with E-state index in [2.05, 4.69) is 82.4 Å². The molecule has 1 radical (unpaired) electrons. The number of hydrogen-bond acceptors (Lipinski definition) is 2. The molecule has 3 aromatic rings. The third-order valence-electron chi connectivity index (χ3n) is 4.25. The number of aromatic nitrogens is 1. The van der Waals surface area contributed by atoms with E-state index < -0.39 is 9.04 Å². The molecule has 26 heavy (non-hydrogen) atoms. The van der Waals surface area contributed by atoms with Crippen molar-refractivity contribution in [2.45, 2.75) is 39.3 Å². The predicted molar refractivity (Wildman–Crippen MR) is 114 cm³/mol. The molecule has 1 aromatic heterocycles. The molecule has 0 aliphatic heterocycles. The largest absolute Gasteiger partial charge is 0.530 e. The molecule has 0 saturated heterocycles. The Morgan fingerprint density at radius 3 is 2.31 bits per heavy atom. The van der Waals surface area contributed by atoms with Gasteiger partial charge in [0.1, 0.15) is 0 Å². The monoisotopic (exact) mass is 360 g/mol. The second-order valence-electron chi connectivity index (χ2n) is 7.79. The van der Waals surface area contributed by atoms with Gasteiger partial charge in [-0.05, 0) is 47.2 Å². The van der Waals surface area contributed by atoms with Gasteiger partial charge < -0.3 is 4.43 Å². The summed E-state index contributed by atoms with van der Waals surface area (Å²) in [5.74, 6) is 0.715. The normalized spacial score (nSPS) is 12.2. The van der Waals surface area contributed by atoms with E-state index in [1.54, 1.807) is 0 Å². The lowest BCUT2D eigenvalue weighted by molar-refractivity contribution is 0.556. The first-order valence-electron chi connectivity index (χ1n) is 8.99. The quantitative estimate of drug-likeness (QED) is 0.507. The fourth-order valence-corrected chi connectivity index (χ4v) is 3.37. The van der Waals surface area contributed by atoms with Crippen LogP contribution in [0.25, 0.3) is 22.9 Å². The number of nitrogens with zero attached hydrogens (tertiary/aromatic N) is 1. The molecule has 3 heteroatoms. The molecule has 0 bridgehead atoms. The molecule has 0 saturated carbocycles. The molecule has 0 unspecified atom stereocenters. The van der Waals surface area contributed by atoms with Crippen LogP contribution in [0, 0.1) is 0 Å². The van der Waals surface area contributed by atoms with Crippen molar-refractivity contribution in [3.8, 4) is 5.88 Å². The van der Waals surface area contributed by atoms with Crippen LogP contribution in [0.4, 0.5) is 0 Å². The van der Waals surface area contributed by atoms with E-state index in [4.69, 9.17) is 9.41 Å². The van der Waals surface area contributed by atoms with Crippen LogP contribution in [0.3, 0.4) is 0 Å². The van der Waals surface area contributed by atoms with Gasteiger partial charge in [0.2, 0.25) is 5.88 Å². The standard InChI is InChI=1S/C23H26NOSi/c1-23(2,3)19-13-12-18-15-22(25-26(4)5)24-21(20(18)16-19)14-11-17-9-7-6-8-10-17/h6-16H,1-5H3/b14-11+. The van der Waals surface area contributed by atoms with Gasteiger partial charge in [0, 0.05) is 11.5 Å². The van der Waals surface area contributed by atoms with Crippen molar-refractivity contribution in [2.24, 2.45) is 0 Å². The van der Waals surface area contributed by atoms with Crippen LogP contribution >= 0.6 is 0 Å². The first kappa shape index (κ1) is 18.4. The van der Waals surface area contributed by atoms with Crippen LogP contribution < -0.4 is 4.43 Å². The fourth-order valence-electron chi connectivity index (χ4n) is 2.84. The van der Waals surface area contributed by atoms with Crippen molar-refractivity contribution in [2.75, 3.05) is 0 Å². The van der Waals surface area contributed by atoms with Crippen molar-refractivity contribution >= 4 is 32.0 Å². The molecule has 0 aliphatic rings. The lowest BCUT2D eigenvalue weighted by Gasteiger charge is -2.20. The smallest absolute Gasteiger partial charge is 0.276 e. The summed E-state index contributed by atoms with van der Waals surface area (Å²) < 4.78 is 5.97. The zero-order valence-corrected chi connectivity index (χ0v) is 17.2. The van der Waals surface area contributed by atoms with Crippen LogP contribution in [0.2, 0.25) is 13.1 Å². The Morgan fingerprint density at radius 2 is 1.65 bits per heavy atom. The highest BCUT2D eigenvalue weighted by atomic mass is 28.3. The van der Waals surface area contributed by atoms with E-state index in [0.29, 0.717) is 5.88 Å². The maximum atomic E-state index is 5.97. The Kier molecular flexibility index (Phi) is 5.28. The first-order chi connectivity index (χ1) is 12.3. The Morgan fingerprint density at radius 1 is 0.923 bits per heavy atom. The number of hydrogen-bond donors (Lipinski definition) is 0. The summed E-state index contributed by atoms with van der Waals surface area (Å²) in [6, 6.07) is 19.0. The maximum Gasteiger partial charge on any atom is 0.276 e. The van der Waals surface area contributed by atoms with E-state index >= 15 is 0 Å². The Bertz CT molecular complexity index is 924. The van der Waals surface area contributed by atoms with Gasteiger partial charge in [0.05, 0.1) is 5.69 Å². The van der Waals surface area contributed by atoms with Crippen LogP contribution in [-0.2, 0) is 5.41 Å². The molecular weight excluding hydrogens is 334 g/mol. The fraction of sp³-hybridized carbons (Fsp3) is 0.261. The van der Waals surface area contributed by atoms with Gasteiger partial charge in [-0.2, -0.15) is 0 Å². The molecule has 2 aromatic carbocycles. The minimum Gasteiger partial charge on any atom is -0.530 e. The van der Waals surface area contributed by atoms with Crippen molar-refractivity contribution in [1.82, 2.24) is 4.98 Å². The summed E-state index contributed by atoms with van der Waals surface area (Å²) in [6.07, 6.45) is 4.20. The van der Waals surface area contributed by atoms with E-state index in [1.807, 2.05) is 18.2 Å². The minimum absolute atomic E-state index is 0.104. The average molecular weight is 361 g/mol. The van der Waals surface area contributed by atoms with Crippen LogP contribution in [0.1, 0.15) is 37.6 Å². The zero-order chi connectivity index (χ0) is 18.7. The number of fused-ring (bicyclic) bond motifs is 1. The third-order valence-corrected chi connectivity index (χ3v) is 4.86. The van der Waals surface area contributed by atoms with Crippen LogP contribution in [0.5, 0.6) is 5.88 Å². The van der Waals surface area contributed by atoms with Crippen LogP contribution in [0.15, 0.2) is 54.6 Å².